The third kappa shape index (κ3) is 4.74. The molecule has 4 rings (SSSR count). The third-order valence-electron chi connectivity index (χ3n) is 5.01. The average molecular weight is 419 g/mol. The smallest absolute Gasteiger partial charge is 0.251 e. The Kier molecular flexibility index (Phi) is 6.19. The van der Waals surface area contributed by atoms with E-state index in [0.717, 1.165) is 11.3 Å². The Balaban J connectivity index is 1.43. The van der Waals surface area contributed by atoms with Gasteiger partial charge in [-0.25, -0.2) is 4.39 Å². The molecular formula is C25H23FN2OS. The first-order chi connectivity index (χ1) is 14.6. The Morgan fingerprint density at radius 2 is 1.73 bits per heavy atom. The second-order valence-corrected chi connectivity index (χ2v) is 8.26. The average Bonchev–Trinajstić information content (AvgIpc) is 3.12. The lowest BCUT2D eigenvalue weighted by atomic mass is 10.2. The Morgan fingerprint density at radius 1 is 1.00 bits per heavy atom. The number of aryl methyl sites for hydroxylation is 1. The molecule has 3 nitrogen and oxygen atoms in total. The summed E-state index contributed by atoms with van der Waals surface area (Å²) in [5, 5.41) is 4.14. The van der Waals surface area contributed by atoms with E-state index in [-0.39, 0.29) is 11.7 Å². The van der Waals surface area contributed by atoms with E-state index in [9.17, 15) is 9.18 Å². The number of nitrogens with zero attached hydrogens (tertiary/aromatic N) is 1. The second kappa shape index (κ2) is 9.18. The molecule has 0 spiro atoms. The van der Waals surface area contributed by atoms with E-state index in [4.69, 9.17) is 0 Å². The number of fused-ring (bicyclic) bond motifs is 1. The maximum atomic E-state index is 13.0. The summed E-state index contributed by atoms with van der Waals surface area (Å²) in [4.78, 5) is 13.5. The molecule has 0 saturated heterocycles. The molecule has 3 aromatic carbocycles. The number of para-hydroxylation sites is 1. The van der Waals surface area contributed by atoms with E-state index in [0.29, 0.717) is 18.7 Å². The number of amides is 1. The van der Waals surface area contributed by atoms with Crippen LogP contribution >= 0.6 is 11.8 Å². The van der Waals surface area contributed by atoms with Gasteiger partial charge in [-0.3, -0.25) is 4.79 Å². The van der Waals surface area contributed by atoms with Gasteiger partial charge in [-0.05, 0) is 42.8 Å². The van der Waals surface area contributed by atoms with Crippen molar-refractivity contribution in [2.45, 2.75) is 24.1 Å². The summed E-state index contributed by atoms with van der Waals surface area (Å²) in [6.45, 7) is 3.26. The lowest BCUT2D eigenvalue weighted by Crippen LogP contribution is -2.27. The molecule has 0 saturated carbocycles. The largest absolute Gasteiger partial charge is 0.350 e. The molecule has 1 aromatic heterocycles. The van der Waals surface area contributed by atoms with Gasteiger partial charge in [0.25, 0.3) is 5.91 Å². The molecule has 0 aliphatic rings. The molecular weight excluding hydrogens is 395 g/mol. The van der Waals surface area contributed by atoms with Crippen molar-refractivity contribution in [3.05, 3.63) is 102 Å². The number of rotatable bonds is 7. The number of nitrogens with one attached hydrogen (secondary N) is 1. The monoisotopic (exact) mass is 418 g/mol. The topological polar surface area (TPSA) is 34.0 Å². The van der Waals surface area contributed by atoms with Gasteiger partial charge in [0, 0.05) is 46.4 Å². The van der Waals surface area contributed by atoms with Gasteiger partial charge in [-0.2, -0.15) is 0 Å². The van der Waals surface area contributed by atoms with Crippen molar-refractivity contribution in [1.82, 2.24) is 9.88 Å². The third-order valence-corrected chi connectivity index (χ3v) is 6.13. The zero-order valence-electron chi connectivity index (χ0n) is 16.8. The summed E-state index contributed by atoms with van der Waals surface area (Å²) in [7, 11) is 0. The fraction of sp³-hybridized carbons (Fsp3) is 0.160. The van der Waals surface area contributed by atoms with E-state index in [1.54, 1.807) is 0 Å². The first kappa shape index (κ1) is 20.2. The summed E-state index contributed by atoms with van der Waals surface area (Å²) >= 11 is 1.82. The van der Waals surface area contributed by atoms with Crippen molar-refractivity contribution in [3.8, 4) is 0 Å². The Bertz CT molecular complexity index is 1150. The molecule has 0 aliphatic heterocycles. The normalized spacial score (nSPS) is 11.0. The van der Waals surface area contributed by atoms with Gasteiger partial charge >= 0.3 is 0 Å². The van der Waals surface area contributed by atoms with E-state index in [1.807, 2.05) is 17.8 Å². The van der Waals surface area contributed by atoms with E-state index < -0.39 is 0 Å². The van der Waals surface area contributed by atoms with Gasteiger partial charge in [0.1, 0.15) is 5.82 Å². The van der Waals surface area contributed by atoms with Crippen LogP contribution in [-0.2, 0) is 12.3 Å². The molecule has 0 unspecified atom stereocenters. The van der Waals surface area contributed by atoms with Crippen LogP contribution in [0.1, 0.15) is 21.5 Å². The zero-order chi connectivity index (χ0) is 20.9. The zero-order valence-corrected chi connectivity index (χ0v) is 17.6. The van der Waals surface area contributed by atoms with Crippen LogP contribution < -0.4 is 5.32 Å². The molecule has 0 atom stereocenters. The highest BCUT2D eigenvalue weighted by molar-refractivity contribution is 7.98. The fourth-order valence-electron chi connectivity index (χ4n) is 3.35. The minimum absolute atomic E-state index is 0.194. The minimum atomic E-state index is -0.346. The number of hydrogen-bond acceptors (Lipinski definition) is 2. The van der Waals surface area contributed by atoms with Crippen LogP contribution in [0.2, 0.25) is 0 Å². The van der Waals surface area contributed by atoms with Crippen LogP contribution in [0, 0.1) is 12.7 Å². The Hall–Kier alpha value is -3.05. The predicted molar refractivity (Wildman–Crippen MR) is 121 cm³/mol. The van der Waals surface area contributed by atoms with E-state index >= 15 is 0 Å². The van der Waals surface area contributed by atoms with Crippen molar-refractivity contribution >= 4 is 28.6 Å². The highest BCUT2D eigenvalue weighted by atomic mass is 32.2. The quantitative estimate of drug-likeness (QED) is 0.384. The molecule has 4 aromatic rings. The van der Waals surface area contributed by atoms with Crippen LogP contribution in [0.5, 0.6) is 0 Å². The SMILES string of the molecule is Cc1ccc(CSc2cn(CCNC(=O)c3ccc(F)cc3)c3ccccc23)cc1. The highest BCUT2D eigenvalue weighted by Crippen LogP contribution is 2.32. The minimum Gasteiger partial charge on any atom is -0.350 e. The van der Waals surface area contributed by atoms with Crippen molar-refractivity contribution in [2.75, 3.05) is 6.54 Å². The maximum Gasteiger partial charge on any atom is 0.251 e. The van der Waals surface area contributed by atoms with Crippen molar-refractivity contribution in [1.29, 1.82) is 0 Å². The first-order valence-corrected chi connectivity index (χ1v) is 10.9. The summed E-state index contributed by atoms with van der Waals surface area (Å²) in [5.74, 6) is 0.372. The van der Waals surface area contributed by atoms with E-state index in [2.05, 4.69) is 65.5 Å². The second-order valence-electron chi connectivity index (χ2n) is 7.24. The molecule has 1 heterocycles. The molecule has 1 amide bonds. The molecule has 0 radical (unpaired) electrons. The van der Waals surface area contributed by atoms with Gasteiger partial charge in [0.2, 0.25) is 0 Å². The fourth-order valence-corrected chi connectivity index (χ4v) is 4.40. The van der Waals surface area contributed by atoms with Gasteiger partial charge in [0.15, 0.2) is 0 Å². The van der Waals surface area contributed by atoms with Crippen molar-refractivity contribution < 1.29 is 9.18 Å². The number of aromatic nitrogens is 1. The van der Waals surface area contributed by atoms with Crippen LogP contribution in [-0.4, -0.2) is 17.0 Å². The molecule has 0 fully saturated rings. The lowest BCUT2D eigenvalue weighted by molar-refractivity contribution is 0.0952. The van der Waals surface area contributed by atoms with Crippen molar-refractivity contribution in [2.24, 2.45) is 0 Å². The summed E-state index contributed by atoms with van der Waals surface area (Å²) in [6.07, 6.45) is 2.16. The number of thioether (sulfide) groups is 1. The number of halogens is 1. The van der Waals surface area contributed by atoms with Gasteiger partial charge < -0.3 is 9.88 Å². The standard InChI is InChI=1S/C25H23FN2OS/c1-18-6-8-19(9-7-18)17-30-24-16-28(23-5-3-2-4-22(23)24)15-14-27-25(29)20-10-12-21(26)13-11-20/h2-13,16H,14-15,17H2,1H3,(H,27,29). The first-order valence-electron chi connectivity index (χ1n) is 9.90. The van der Waals surface area contributed by atoms with Gasteiger partial charge in [-0.15, -0.1) is 11.8 Å². The lowest BCUT2D eigenvalue weighted by Gasteiger charge is -2.07. The van der Waals surface area contributed by atoms with Crippen LogP contribution in [0.15, 0.2) is 83.9 Å². The highest BCUT2D eigenvalue weighted by Gasteiger charge is 2.10. The molecule has 152 valence electrons. The van der Waals surface area contributed by atoms with Crippen LogP contribution in [0.4, 0.5) is 4.39 Å². The Labute approximate surface area is 179 Å². The van der Waals surface area contributed by atoms with E-state index in [1.165, 1.54) is 45.7 Å². The van der Waals surface area contributed by atoms with Gasteiger partial charge in [-0.1, -0.05) is 48.0 Å². The molecule has 5 heteroatoms. The van der Waals surface area contributed by atoms with Gasteiger partial charge in [0.05, 0.1) is 0 Å². The van der Waals surface area contributed by atoms with Crippen LogP contribution in [0.3, 0.4) is 0 Å². The number of carbonyl (C=O) groups is 1. The number of hydrogen-bond donors (Lipinski definition) is 1. The van der Waals surface area contributed by atoms with Crippen molar-refractivity contribution in [3.63, 3.8) is 0 Å². The maximum absolute atomic E-state index is 13.0. The molecule has 0 bridgehead atoms. The summed E-state index contributed by atoms with van der Waals surface area (Å²) in [6, 6.07) is 22.5. The molecule has 30 heavy (non-hydrogen) atoms. The summed E-state index contributed by atoms with van der Waals surface area (Å²) in [5.41, 5.74) is 4.18. The predicted octanol–water partition coefficient (Wildman–Crippen LogP) is 5.81. The molecule has 1 N–H and O–H groups in total. The number of benzene rings is 3. The van der Waals surface area contributed by atoms with Crippen LogP contribution in [0.25, 0.3) is 10.9 Å². The summed E-state index contributed by atoms with van der Waals surface area (Å²) < 4.78 is 15.2. The number of carbonyl (C=O) groups excluding carboxylic acids is 1. The Morgan fingerprint density at radius 3 is 2.50 bits per heavy atom. The molecule has 0 aliphatic carbocycles.